The number of hydrogen-bond donors (Lipinski definition) is 1. The van der Waals surface area contributed by atoms with Gasteiger partial charge in [-0.15, -0.1) is 5.10 Å². The number of anilines is 1. The number of aryl methyl sites for hydroxylation is 2. The minimum absolute atomic E-state index is 0.102. The normalized spacial score (nSPS) is 13.0. The molecule has 25 heavy (non-hydrogen) atoms. The highest BCUT2D eigenvalue weighted by Gasteiger charge is 2.24. The fraction of sp³-hybridized carbons (Fsp3) is 0.333. The summed E-state index contributed by atoms with van der Waals surface area (Å²) < 4.78 is 3.55. The van der Waals surface area contributed by atoms with Gasteiger partial charge in [-0.2, -0.15) is 5.10 Å². The van der Waals surface area contributed by atoms with Gasteiger partial charge in [0.15, 0.2) is 0 Å². The summed E-state index contributed by atoms with van der Waals surface area (Å²) in [6.45, 7) is 2.73. The molecule has 0 bridgehead atoms. The van der Waals surface area contributed by atoms with Crippen LogP contribution < -0.4 is 5.32 Å². The molecule has 1 aromatic carbocycles. The van der Waals surface area contributed by atoms with Crippen molar-refractivity contribution in [2.24, 2.45) is 0 Å². The van der Waals surface area contributed by atoms with Crippen LogP contribution in [0.5, 0.6) is 0 Å². The highest BCUT2D eigenvalue weighted by molar-refractivity contribution is 5.92. The summed E-state index contributed by atoms with van der Waals surface area (Å²) >= 11 is 0. The van der Waals surface area contributed by atoms with E-state index in [1.807, 2.05) is 41.9 Å². The summed E-state index contributed by atoms with van der Waals surface area (Å²) in [5, 5.41) is 15.8. The van der Waals surface area contributed by atoms with Crippen LogP contribution in [0.2, 0.25) is 0 Å². The SMILES string of the molecule is CCn1cc(CC(=O)Nc2c3c(nn2-c2ccccc2)CCC3)nn1. The van der Waals surface area contributed by atoms with Crippen LogP contribution >= 0.6 is 0 Å². The van der Waals surface area contributed by atoms with Gasteiger partial charge in [-0.3, -0.25) is 9.48 Å². The van der Waals surface area contributed by atoms with Crippen molar-refractivity contribution in [2.75, 3.05) is 5.32 Å². The summed E-state index contributed by atoms with van der Waals surface area (Å²) in [4.78, 5) is 12.5. The third kappa shape index (κ3) is 3.05. The zero-order chi connectivity index (χ0) is 17.2. The van der Waals surface area contributed by atoms with E-state index in [0.29, 0.717) is 5.69 Å². The molecule has 0 aliphatic heterocycles. The molecule has 7 heteroatoms. The standard InChI is InChI=1S/C18H20N6O/c1-2-23-12-13(20-22-23)11-17(25)19-18-15-9-6-10-16(15)21-24(18)14-7-4-3-5-8-14/h3-5,7-8,12H,2,6,9-11H2,1H3,(H,19,25). The van der Waals surface area contributed by atoms with Crippen molar-refractivity contribution in [3.05, 3.63) is 53.5 Å². The first-order valence-corrected chi connectivity index (χ1v) is 8.59. The molecule has 1 aliphatic carbocycles. The van der Waals surface area contributed by atoms with Crippen LogP contribution in [0.1, 0.15) is 30.3 Å². The maximum atomic E-state index is 12.5. The van der Waals surface area contributed by atoms with Crippen LogP contribution in [0.3, 0.4) is 0 Å². The number of carbonyl (C=O) groups is 1. The van der Waals surface area contributed by atoms with Crippen LogP contribution in [0.4, 0.5) is 5.82 Å². The maximum Gasteiger partial charge on any atom is 0.231 e. The van der Waals surface area contributed by atoms with Crippen molar-refractivity contribution in [3.63, 3.8) is 0 Å². The topological polar surface area (TPSA) is 77.6 Å². The minimum Gasteiger partial charge on any atom is -0.310 e. The Balaban J connectivity index is 1.60. The summed E-state index contributed by atoms with van der Waals surface area (Å²) in [6.07, 6.45) is 5.00. The molecule has 128 valence electrons. The first-order chi connectivity index (χ1) is 12.2. The average Bonchev–Trinajstić information content (AvgIpc) is 3.33. The molecule has 7 nitrogen and oxygen atoms in total. The van der Waals surface area contributed by atoms with Crippen LogP contribution in [-0.2, 0) is 30.6 Å². The zero-order valence-electron chi connectivity index (χ0n) is 14.1. The highest BCUT2D eigenvalue weighted by atomic mass is 16.1. The van der Waals surface area contributed by atoms with E-state index < -0.39 is 0 Å². The lowest BCUT2D eigenvalue weighted by Crippen LogP contribution is -2.18. The summed E-state index contributed by atoms with van der Waals surface area (Å²) in [6, 6.07) is 9.89. The second kappa shape index (κ2) is 6.51. The molecule has 0 fully saturated rings. The van der Waals surface area contributed by atoms with E-state index >= 15 is 0 Å². The Hall–Kier alpha value is -2.96. The molecule has 0 saturated heterocycles. The Labute approximate surface area is 145 Å². The van der Waals surface area contributed by atoms with Gasteiger partial charge in [0.2, 0.25) is 5.91 Å². The van der Waals surface area contributed by atoms with Gasteiger partial charge in [-0.25, -0.2) is 4.68 Å². The fourth-order valence-electron chi connectivity index (χ4n) is 3.19. The van der Waals surface area contributed by atoms with Gasteiger partial charge >= 0.3 is 0 Å². The smallest absolute Gasteiger partial charge is 0.231 e. The summed E-state index contributed by atoms with van der Waals surface area (Å²) in [5.74, 6) is 0.682. The fourth-order valence-corrected chi connectivity index (χ4v) is 3.19. The molecule has 0 spiro atoms. The number of carbonyl (C=O) groups excluding carboxylic acids is 1. The molecular weight excluding hydrogens is 316 g/mol. The molecule has 0 atom stereocenters. The Bertz CT molecular complexity index is 896. The largest absolute Gasteiger partial charge is 0.310 e. The lowest BCUT2D eigenvalue weighted by molar-refractivity contribution is -0.115. The Morgan fingerprint density at radius 1 is 1.24 bits per heavy atom. The van der Waals surface area contributed by atoms with Crippen molar-refractivity contribution >= 4 is 11.7 Å². The van der Waals surface area contributed by atoms with Gasteiger partial charge in [-0.05, 0) is 38.3 Å². The predicted molar refractivity (Wildman–Crippen MR) is 93.6 cm³/mol. The van der Waals surface area contributed by atoms with Crippen LogP contribution in [0, 0.1) is 0 Å². The van der Waals surface area contributed by atoms with E-state index in [-0.39, 0.29) is 12.3 Å². The minimum atomic E-state index is -0.102. The first-order valence-electron chi connectivity index (χ1n) is 8.59. The third-order valence-electron chi connectivity index (χ3n) is 4.42. The third-order valence-corrected chi connectivity index (χ3v) is 4.42. The molecule has 0 radical (unpaired) electrons. The number of rotatable bonds is 5. The molecule has 3 aromatic rings. The average molecular weight is 336 g/mol. The lowest BCUT2D eigenvalue weighted by atomic mass is 10.2. The first kappa shape index (κ1) is 15.6. The second-order valence-electron chi connectivity index (χ2n) is 6.17. The predicted octanol–water partition coefficient (Wildman–Crippen LogP) is 2.15. The van der Waals surface area contributed by atoms with E-state index in [1.54, 1.807) is 10.9 Å². The molecule has 4 rings (SSSR count). The van der Waals surface area contributed by atoms with Crippen molar-refractivity contribution in [1.29, 1.82) is 0 Å². The van der Waals surface area contributed by atoms with Crippen LogP contribution in [0.25, 0.3) is 5.69 Å². The molecular formula is C18H20N6O. The summed E-state index contributed by atoms with van der Waals surface area (Å²) in [5.41, 5.74) is 3.84. The van der Waals surface area contributed by atoms with Gasteiger partial charge in [0.05, 0.1) is 23.5 Å². The molecule has 1 N–H and O–H groups in total. The quantitative estimate of drug-likeness (QED) is 0.774. The number of nitrogens with one attached hydrogen (secondary N) is 1. The van der Waals surface area contributed by atoms with Gasteiger partial charge in [0.1, 0.15) is 5.82 Å². The zero-order valence-corrected chi connectivity index (χ0v) is 14.1. The van der Waals surface area contributed by atoms with Crippen molar-refractivity contribution in [2.45, 2.75) is 39.2 Å². The van der Waals surface area contributed by atoms with Crippen LogP contribution in [0.15, 0.2) is 36.5 Å². The maximum absolute atomic E-state index is 12.5. The van der Waals surface area contributed by atoms with E-state index in [2.05, 4.69) is 15.6 Å². The van der Waals surface area contributed by atoms with Gasteiger partial charge in [0.25, 0.3) is 0 Å². The molecule has 1 amide bonds. The number of benzene rings is 1. The Kier molecular flexibility index (Phi) is 4.05. The number of amides is 1. The van der Waals surface area contributed by atoms with Crippen molar-refractivity contribution < 1.29 is 4.79 Å². The number of aromatic nitrogens is 5. The lowest BCUT2D eigenvalue weighted by Gasteiger charge is -2.10. The van der Waals surface area contributed by atoms with Crippen LogP contribution in [-0.4, -0.2) is 30.7 Å². The monoisotopic (exact) mass is 336 g/mol. The van der Waals surface area contributed by atoms with Gasteiger partial charge in [0, 0.05) is 18.3 Å². The van der Waals surface area contributed by atoms with E-state index in [0.717, 1.165) is 48.6 Å². The van der Waals surface area contributed by atoms with Gasteiger partial charge in [-0.1, -0.05) is 23.4 Å². The number of para-hydroxylation sites is 1. The number of fused-ring (bicyclic) bond motifs is 1. The van der Waals surface area contributed by atoms with E-state index in [1.165, 1.54) is 0 Å². The van der Waals surface area contributed by atoms with Crippen molar-refractivity contribution in [1.82, 2.24) is 24.8 Å². The number of hydrogen-bond acceptors (Lipinski definition) is 4. The van der Waals surface area contributed by atoms with E-state index in [4.69, 9.17) is 5.10 Å². The van der Waals surface area contributed by atoms with E-state index in [9.17, 15) is 4.79 Å². The summed E-state index contributed by atoms with van der Waals surface area (Å²) in [7, 11) is 0. The molecule has 2 aromatic heterocycles. The number of nitrogens with zero attached hydrogens (tertiary/aromatic N) is 5. The molecule has 0 unspecified atom stereocenters. The second-order valence-corrected chi connectivity index (χ2v) is 6.17. The Morgan fingerprint density at radius 2 is 2.08 bits per heavy atom. The Morgan fingerprint density at radius 3 is 2.84 bits per heavy atom. The van der Waals surface area contributed by atoms with Gasteiger partial charge < -0.3 is 5.32 Å². The van der Waals surface area contributed by atoms with Crippen molar-refractivity contribution in [3.8, 4) is 5.69 Å². The molecule has 2 heterocycles. The molecule has 1 aliphatic rings. The molecule has 0 saturated carbocycles. The highest BCUT2D eigenvalue weighted by Crippen LogP contribution is 2.30.